The van der Waals surface area contributed by atoms with Crippen molar-refractivity contribution in [2.75, 3.05) is 0 Å². The molecule has 0 amide bonds. The van der Waals surface area contributed by atoms with Crippen LogP contribution in [0.2, 0.25) is 0 Å². The molecule has 2 aliphatic heterocycles. The van der Waals surface area contributed by atoms with E-state index in [0.717, 1.165) is 35.4 Å². The summed E-state index contributed by atoms with van der Waals surface area (Å²) >= 11 is 0. The van der Waals surface area contributed by atoms with Gasteiger partial charge in [-0.05, 0) is 24.8 Å². The third kappa shape index (κ3) is 1.90. The van der Waals surface area contributed by atoms with Gasteiger partial charge in [-0.3, -0.25) is 4.79 Å². The van der Waals surface area contributed by atoms with Gasteiger partial charge in [-0.15, -0.1) is 0 Å². The third-order valence-electron chi connectivity index (χ3n) is 4.91. The average molecular weight is 283 g/mol. The van der Waals surface area contributed by atoms with Crippen LogP contribution in [-0.4, -0.2) is 11.5 Å². The summed E-state index contributed by atoms with van der Waals surface area (Å²) in [6.07, 6.45) is 2.39. The van der Waals surface area contributed by atoms with E-state index in [1.54, 1.807) is 0 Å². The lowest BCUT2D eigenvalue weighted by Gasteiger charge is -2.49. The summed E-state index contributed by atoms with van der Waals surface area (Å²) in [6, 6.07) is 8.13. The van der Waals surface area contributed by atoms with Gasteiger partial charge in [0.1, 0.15) is 5.75 Å². The highest BCUT2D eigenvalue weighted by molar-refractivity contribution is 5.99. The number of Topliss-reactive ketones (excluding diaryl/α,β-unsaturated/α-hetero) is 1. The fourth-order valence-electron chi connectivity index (χ4n) is 4.15. The Morgan fingerprint density at radius 2 is 1.95 bits per heavy atom. The second kappa shape index (κ2) is 3.90. The predicted octanol–water partition coefficient (Wildman–Crippen LogP) is 3.52. The number of hydrogen-bond acceptors (Lipinski definition) is 3. The molecule has 1 aromatic rings. The van der Waals surface area contributed by atoms with Gasteiger partial charge in [0.05, 0.1) is 0 Å². The highest BCUT2D eigenvalue weighted by Gasteiger charge is 2.48. The van der Waals surface area contributed by atoms with Crippen LogP contribution < -0.4 is 10.1 Å². The first-order valence-corrected chi connectivity index (χ1v) is 7.69. The monoisotopic (exact) mass is 283 g/mol. The minimum Gasteiger partial charge on any atom is -0.468 e. The quantitative estimate of drug-likeness (QED) is 0.791. The van der Waals surface area contributed by atoms with Crippen LogP contribution in [-0.2, 0) is 4.79 Å². The van der Waals surface area contributed by atoms with Crippen LogP contribution in [0.15, 0.2) is 35.5 Å². The van der Waals surface area contributed by atoms with Gasteiger partial charge in [0.25, 0.3) is 0 Å². The topological polar surface area (TPSA) is 38.3 Å². The van der Waals surface area contributed by atoms with E-state index in [-0.39, 0.29) is 11.3 Å². The molecule has 0 radical (unpaired) electrons. The number of para-hydroxylation sites is 1. The maximum atomic E-state index is 12.7. The van der Waals surface area contributed by atoms with Crippen LogP contribution in [0.4, 0.5) is 0 Å². The number of rotatable bonds is 0. The Morgan fingerprint density at radius 3 is 2.76 bits per heavy atom. The van der Waals surface area contributed by atoms with Crippen LogP contribution in [0.5, 0.6) is 5.75 Å². The van der Waals surface area contributed by atoms with Crippen LogP contribution in [0, 0.1) is 5.41 Å². The van der Waals surface area contributed by atoms with Crippen molar-refractivity contribution in [2.45, 2.75) is 51.7 Å². The highest BCUT2D eigenvalue weighted by Crippen LogP contribution is 2.51. The molecule has 0 fully saturated rings. The fourth-order valence-corrected chi connectivity index (χ4v) is 4.15. The van der Waals surface area contributed by atoms with Gasteiger partial charge in [0.15, 0.2) is 11.5 Å². The molecular weight excluding hydrogens is 262 g/mol. The van der Waals surface area contributed by atoms with E-state index >= 15 is 0 Å². The molecule has 1 N–H and O–H groups in total. The standard InChI is InChI=1S/C18H21NO2/c1-17(2)9-13-16(14(20)10-17)12-8-18(3,19-13)21-15-7-5-4-6-11(12)15/h4-7,12,19H,8-10H2,1-3H3. The molecule has 2 unspecified atom stereocenters. The Morgan fingerprint density at radius 1 is 1.19 bits per heavy atom. The van der Waals surface area contributed by atoms with Crippen LogP contribution in [0.25, 0.3) is 0 Å². The first-order valence-electron chi connectivity index (χ1n) is 7.69. The first-order chi connectivity index (χ1) is 9.87. The number of carbonyl (C=O) groups excluding carboxylic acids is 1. The molecule has 0 aromatic heterocycles. The molecule has 3 nitrogen and oxygen atoms in total. The summed E-state index contributed by atoms with van der Waals surface area (Å²) in [4.78, 5) is 12.7. The first kappa shape index (κ1) is 12.9. The minimum atomic E-state index is -0.397. The van der Waals surface area contributed by atoms with Gasteiger partial charge >= 0.3 is 0 Å². The Hall–Kier alpha value is -1.77. The molecular formula is C18H21NO2. The zero-order chi connectivity index (χ0) is 14.8. The van der Waals surface area contributed by atoms with Crippen LogP contribution in [0.3, 0.4) is 0 Å². The molecule has 2 heterocycles. The molecule has 3 aliphatic rings. The van der Waals surface area contributed by atoms with Crippen LogP contribution >= 0.6 is 0 Å². The lowest BCUT2D eigenvalue weighted by molar-refractivity contribution is -0.119. The van der Waals surface area contributed by atoms with E-state index in [2.05, 4.69) is 32.2 Å². The summed E-state index contributed by atoms with van der Waals surface area (Å²) in [7, 11) is 0. The van der Waals surface area contributed by atoms with E-state index in [1.807, 2.05) is 18.2 Å². The molecule has 2 bridgehead atoms. The van der Waals surface area contributed by atoms with Gasteiger partial charge in [0.2, 0.25) is 0 Å². The summed E-state index contributed by atoms with van der Waals surface area (Å²) in [5.41, 5.74) is 2.90. The lowest BCUT2D eigenvalue weighted by atomic mass is 9.67. The normalized spacial score (nSPS) is 32.7. The Labute approximate surface area is 125 Å². The second-order valence-corrected chi connectivity index (χ2v) is 7.59. The zero-order valence-electron chi connectivity index (χ0n) is 12.8. The predicted molar refractivity (Wildman–Crippen MR) is 81.0 cm³/mol. The molecule has 110 valence electrons. The number of benzene rings is 1. The average Bonchev–Trinajstić information content (AvgIpc) is 2.35. The largest absolute Gasteiger partial charge is 0.468 e. The van der Waals surface area contributed by atoms with E-state index in [4.69, 9.17) is 4.74 Å². The van der Waals surface area contributed by atoms with E-state index in [1.165, 1.54) is 0 Å². The number of ketones is 1. The summed E-state index contributed by atoms with van der Waals surface area (Å²) in [5.74, 6) is 1.39. The Balaban J connectivity index is 1.89. The van der Waals surface area contributed by atoms with E-state index in [9.17, 15) is 4.79 Å². The number of ether oxygens (including phenoxy) is 1. The van der Waals surface area contributed by atoms with Crippen LogP contribution in [0.1, 0.15) is 51.5 Å². The van der Waals surface area contributed by atoms with Crippen molar-refractivity contribution >= 4 is 5.78 Å². The number of carbonyl (C=O) groups is 1. The minimum absolute atomic E-state index is 0.0322. The molecule has 3 heteroatoms. The summed E-state index contributed by atoms with van der Waals surface area (Å²) in [5, 5.41) is 3.53. The van der Waals surface area contributed by atoms with Crippen molar-refractivity contribution in [1.29, 1.82) is 0 Å². The van der Waals surface area contributed by atoms with Gasteiger partial charge in [-0.2, -0.15) is 0 Å². The number of hydrogen-bond donors (Lipinski definition) is 1. The van der Waals surface area contributed by atoms with E-state index < -0.39 is 5.72 Å². The Kier molecular flexibility index (Phi) is 2.40. The molecule has 4 rings (SSSR count). The molecule has 1 aromatic carbocycles. The second-order valence-electron chi connectivity index (χ2n) is 7.59. The maximum Gasteiger partial charge on any atom is 0.178 e. The van der Waals surface area contributed by atoms with Crippen molar-refractivity contribution in [3.8, 4) is 5.75 Å². The molecule has 2 atom stereocenters. The summed E-state index contributed by atoms with van der Waals surface area (Å²) in [6.45, 7) is 6.42. The fraction of sp³-hybridized carbons (Fsp3) is 0.500. The van der Waals surface area contributed by atoms with Crippen molar-refractivity contribution in [3.05, 3.63) is 41.1 Å². The Bertz CT molecular complexity index is 674. The number of fused-ring (bicyclic) bond motifs is 5. The SMILES string of the molecule is CC1(C)CC(=O)C2=C(C1)NC1(C)CC2c2ccccc2O1. The molecule has 21 heavy (non-hydrogen) atoms. The van der Waals surface area contributed by atoms with Crippen molar-refractivity contribution in [1.82, 2.24) is 5.32 Å². The smallest absolute Gasteiger partial charge is 0.178 e. The third-order valence-corrected chi connectivity index (χ3v) is 4.91. The van der Waals surface area contributed by atoms with Crippen molar-refractivity contribution in [3.63, 3.8) is 0 Å². The van der Waals surface area contributed by atoms with E-state index in [0.29, 0.717) is 12.2 Å². The molecule has 0 saturated carbocycles. The van der Waals surface area contributed by atoms with Gasteiger partial charge in [0, 0.05) is 35.6 Å². The molecule has 0 saturated heterocycles. The van der Waals surface area contributed by atoms with Crippen molar-refractivity contribution in [2.24, 2.45) is 5.41 Å². The van der Waals surface area contributed by atoms with Crippen molar-refractivity contribution < 1.29 is 9.53 Å². The zero-order valence-corrected chi connectivity index (χ0v) is 12.8. The summed E-state index contributed by atoms with van der Waals surface area (Å²) < 4.78 is 6.19. The molecule has 0 spiro atoms. The molecule has 1 aliphatic carbocycles. The lowest BCUT2D eigenvalue weighted by Crippen LogP contribution is -2.56. The number of nitrogens with one attached hydrogen (secondary N) is 1. The highest BCUT2D eigenvalue weighted by atomic mass is 16.5. The van der Waals surface area contributed by atoms with Gasteiger partial charge in [-0.25, -0.2) is 0 Å². The van der Waals surface area contributed by atoms with Gasteiger partial charge in [-0.1, -0.05) is 32.0 Å². The maximum absolute atomic E-state index is 12.7. The van der Waals surface area contributed by atoms with Gasteiger partial charge < -0.3 is 10.1 Å². The number of allylic oxidation sites excluding steroid dienone is 2.